The van der Waals surface area contributed by atoms with Gasteiger partial charge in [0.25, 0.3) is 0 Å². The molecule has 118 valence electrons. The lowest BCUT2D eigenvalue weighted by Crippen LogP contribution is -2.30. The number of thiocarbonyl (C=S) groups is 1. The van der Waals surface area contributed by atoms with E-state index in [1.807, 2.05) is 48.7 Å². The highest BCUT2D eigenvalue weighted by atomic mass is 32.1. The monoisotopic (exact) mass is 325 g/mol. The number of anilines is 1. The fourth-order valence-corrected chi connectivity index (χ4v) is 2.72. The molecule has 0 unspecified atom stereocenters. The van der Waals surface area contributed by atoms with Crippen LogP contribution in [0.2, 0.25) is 0 Å². The van der Waals surface area contributed by atoms with Crippen molar-refractivity contribution in [1.29, 1.82) is 0 Å². The van der Waals surface area contributed by atoms with Crippen molar-refractivity contribution in [3.05, 3.63) is 60.3 Å². The fraction of sp³-hybridized carbons (Fsp3) is 0.167. The van der Waals surface area contributed by atoms with Gasteiger partial charge in [-0.1, -0.05) is 18.2 Å². The maximum absolute atomic E-state index is 5.32. The van der Waals surface area contributed by atoms with Crippen LogP contribution in [0.3, 0.4) is 0 Å². The molecule has 0 spiro atoms. The number of hydrogen-bond donors (Lipinski definition) is 3. The summed E-state index contributed by atoms with van der Waals surface area (Å²) >= 11 is 5.32. The molecular formula is C18H19N3OS. The van der Waals surface area contributed by atoms with Crippen molar-refractivity contribution in [3.8, 4) is 5.75 Å². The fourth-order valence-electron chi connectivity index (χ4n) is 2.50. The van der Waals surface area contributed by atoms with E-state index in [0.29, 0.717) is 5.11 Å². The van der Waals surface area contributed by atoms with Crippen molar-refractivity contribution >= 4 is 33.9 Å². The van der Waals surface area contributed by atoms with Gasteiger partial charge in [-0.3, -0.25) is 0 Å². The van der Waals surface area contributed by atoms with Crippen molar-refractivity contribution < 1.29 is 4.74 Å². The van der Waals surface area contributed by atoms with Crippen molar-refractivity contribution in [2.24, 2.45) is 0 Å². The SMILES string of the molecule is COc1ccc2[nH]cc(CCNC(=S)Nc3ccccc3)c2c1. The molecule has 1 heterocycles. The molecule has 0 atom stereocenters. The van der Waals surface area contributed by atoms with Crippen molar-refractivity contribution in [3.63, 3.8) is 0 Å². The second-order valence-electron chi connectivity index (χ2n) is 5.22. The number of para-hydroxylation sites is 1. The van der Waals surface area contributed by atoms with Crippen LogP contribution in [0, 0.1) is 0 Å². The van der Waals surface area contributed by atoms with E-state index < -0.39 is 0 Å². The van der Waals surface area contributed by atoms with E-state index in [0.717, 1.165) is 29.9 Å². The molecule has 3 aromatic rings. The molecule has 1 aromatic heterocycles. The van der Waals surface area contributed by atoms with Crippen LogP contribution in [0.15, 0.2) is 54.7 Å². The van der Waals surface area contributed by atoms with Crippen molar-refractivity contribution in [1.82, 2.24) is 10.3 Å². The Kier molecular flexibility index (Phi) is 4.78. The summed E-state index contributed by atoms with van der Waals surface area (Å²) in [6.45, 7) is 0.767. The summed E-state index contributed by atoms with van der Waals surface area (Å²) in [5, 5.41) is 8.23. The van der Waals surface area contributed by atoms with Crippen molar-refractivity contribution in [2.75, 3.05) is 19.0 Å². The van der Waals surface area contributed by atoms with E-state index in [2.05, 4.69) is 21.7 Å². The van der Waals surface area contributed by atoms with Crippen LogP contribution >= 0.6 is 12.2 Å². The summed E-state index contributed by atoms with van der Waals surface area (Å²) in [6, 6.07) is 16.0. The summed E-state index contributed by atoms with van der Waals surface area (Å²) in [7, 11) is 1.68. The number of rotatable bonds is 5. The Balaban J connectivity index is 1.57. The molecule has 4 nitrogen and oxygen atoms in total. The number of ether oxygens (including phenoxy) is 1. The molecule has 0 saturated heterocycles. The minimum Gasteiger partial charge on any atom is -0.497 e. The Morgan fingerprint density at radius 1 is 1.17 bits per heavy atom. The maximum Gasteiger partial charge on any atom is 0.170 e. The molecule has 0 fully saturated rings. The molecular weight excluding hydrogens is 306 g/mol. The molecule has 3 N–H and O–H groups in total. The van der Waals surface area contributed by atoms with E-state index in [1.54, 1.807) is 7.11 Å². The highest BCUT2D eigenvalue weighted by Crippen LogP contribution is 2.23. The lowest BCUT2D eigenvalue weighted by molar-refractivity contribution is 0.415. The summed E-state index contributed by atoms with van der Waals surface area (Å²) < 4.78 is 5.30. The first-order valence-electron chi connectivity index (χ1n) is 7.50. The zero-order valence-corrected chi connectivity index (χ0v) is 13.7. The molecule has 23 heavy (non-hydrogen) atoms. The van der Waals surface area contributed by atoms with Gasteiger partial charge in [0.2, 0.25) is 0 Å². The smallest absolute Gasteiger partial charge is 0.170 e. The molecule has 0 bridgehead atoms. The van der Waals surface area contributed by atoms with Gasteiger partial charge in [0.05, 0.1) is 7.11 Å². The molecule has 0 aliphatic rings. The van der Waals surface area contributed by atoms with Crippen LogP contribution in [0.25, 0.3) is 10.9 Å². The van der Waals surface area contributed by atoms with E-state index in [9.17, 15) is 0 Å². The number of aromatic amines is 1. The molecule has 2 aromatic carbocycles. The van der Waals surface area contributed by atoms with Gasteiger partial charge in [0.1, 0.15) is 5.75 Å². The second kappa shape index (κ2) is 7.15. The third-order valence-corrected chi connectivity index (χ3v) is 3.93. The van der Waals surface area contributed by atoms with Crippen LogP contribution in [0.4, 0.5) is 5.69 Å². The lowest BCUT2D eigenvalue weighted by Gasteiger charge is -2.10. The predicted molar refractivity (Wildman–Crippen MR) is 99.2 cm³/mol. The second-order valence-corrected chi connectivity index (χ2v) is 5.63. The average Bonchev–Trinajstić information content (AvgIpc) is 2.98. The highest BCUT2D eigenvalue weighted by molar-refractivity contribution is 7.80. The van der Waals surface area contributed by atoms with E-state index in [1.165, 1.54) is 10.9 Å². The van der Waals surface area contributed by atoms with Gasteiger partial charge in [-0.05, 0) is 54.5 Å². The van der Waals surface area contributed by atoms with E-state index in [-0.39, 0.29) is 0 Å². The van der Waals surface area contributed by atoms with Crippen LogP contribution in [-0.4, -0.2) is 23.8 Å². The number of nitrogens with one attached hydrogen (secondary N) is 3. The number of fused-ring (bicyclic) bond motifs is 1. The minimum absolute atomic E-state index is 0.633. The van der Waals surface area contributed by atoms with E-state index >= 15 is 0 Å². The van der Waals surface area contributed by atoms with Gasteiger partial charge < -0.3 is 20.4 Å². The maximum atomic E-state index is 5.32. The topological polar surface area (TPSA) is 49.1 Å². The van der Waals surface area contributed by atoms with Crippen molar-refractivity contribution in [2.45, 2.75) is 6.42 Å². The Morgan fingerprint density at radius 3 is 2.78 bits per heavy atom. The summed E-state index contributed by atoms with van der Waals surface area (Å²) in [5.41, 5.74) is 3.35. The molecule has 3 rings (SSSR count). The summed E-state index contributed by atoms with van der Waals surface area (Å²) in [4.78, 5) is 3.29. The summed E-state index contributed by atoms with van der Waals surface area (Å²) in [5.74, 6) is 0.868. The first kappa shape index (κ1) is 15.4. The van der Waals surface area contributed by atoms with Gasteiger partial charge in [0, 0.05) is 29.3 Å². The van der Waals surface area contributed by atoms with Crippen LogP contribution in [-0.2, 0) is 6.42 Å². The third kappa shape index (κ3) is 3.81. The Morgan fingerprint density at radius 2 is 2.00 bits per heavy atom. The normalized spacial score (nSPS) is 10.5. The first-order valence-corrected chi connectivity index (χ1v) is 7.91. The largest absolute Gasteiger partial charge is 0.497 e. The minimum atomic E-state index is 0.633. The molecule has 0 aliphatic carbocycles. The zero-order chi connectivity index (χ0) is 16.1. The summed E-state index contributed by atoms with van der Waals surface area (Å²) in [6.07, 6.45) is 2.92. The van der Waals surface area contributed by atoms with Gasteiger partial charge in [-0.15, -0.1) is 0 Å². The third-order valence-electron chi connectivity index (χ3n) is 3.69. The molecule has 0 aliphatic heterocycles. The number of H-pyrrole nitrogens is 1. The van der Waals surface area contributed by atoms with Crippen LogP contribution in [0.5, 0.6) is 5.75 Å². The zero-order valence-electron chi connectivity index (χ0n) is 12.9. The van der Waals surface area contributed by atoms with Gasteiger partial charge >= 0.3 is 0 Å². The van der Waals surface area contributed by atoms with Gasteiger partial charge in [0.15, 0.2) is 5.11 Å². The van der Waals surface area contributed by atoms with E-state index in [4.69, 9.17) is 17.0 Å². The number of aromatic nitrogens is 1. The average molecular weight is 325 g/mol. The Bertz CT molecular complexity index is 798. The molecule has 0 radical (unpaired) electrons. The molecule has 5 heteroatoms. The highest BCUT2D eigenvalue weighted by Gasteiger charge is 2.05. The standard InChI is InChI=1S/C18H19N3OS/c1-22-15-7-8-17-16(11-15)13(12-20-17)9-10-19-18(23)21-14-5-3-2-4-6-14/h2-8,11-12,20H,9-10H2,1H3,(H2,19,21,23). The van der Waals surface area contributed by atoms with Gasteiger partial charge in [-0.25, -0.2) is 0 Å². The number of benzene rings is 2. The van der Waals surface area contributed by atoms with Crippen LogP contribution < -0.4 is 15.4 Å². The lowest BCUT2D eigenvalue weighted by atomic mass is 10.1. The first-order chi connectivity index (χ1) is 11.3. The Labute approximate surface area is 140 Å². The Hall–Kier alpha value is -2.53. The number of hydrogen-bond acceptors (Lipinski definition) is 2. The number of methoxy groups -OCH3 is 1. The molecule has 0 saturated carbocycles. The quantitative estimate of drug-likeness (QED) is 0.626. The molecule has 0 amide bonds. The predicted octanol–water partition coefficient (Wildman–Crippen LogP) is 3.71. The van der Waals surface area contributed by atoms with Crippen LogP contribution in [0.1, 0.15) is 5.56 Å². The van der Waals surface area contributed by atoms with Gasteiger partial charge in [-0.2, -0.15) is 0 Å².